The first-order valence-electron chi connectivity index (χ1n) is 8.24. The lowest BCUT2D eigenvalue weighted by Gasteiger charge is -2.60. The van der Waals surface area contributed by atoms with Crippen LogP contribution in [0, 0.1) is 29.1 Å². The van der Waals surface area contributed by atoms with Crippen LogP contribution in [0.4, 0.5) is 0 Å². The van der Waals surface area contributed by atoms with Crippen molar-refractivity contribution in [1.82, 2.24) is 0 Å². The summed E-state index contributed by atoms with van der Waals surface area (Å²) in [5.41, 5.74) is 0.115. The second kappa shape index (κ2) is 8.99. The van der Waals surface area contributed by atoms with Crippen LogP contribution in [0.25, 0.3) is 0 Å². The van der Waals surface area contributed by atoms with Gasteiger partial charge in [-0.25, -0.2) is 9.59 Å². The van der Waals surface area contributed by atoms with Crippen molar-refractivity contribution in [1.29, 1.82) is 0 Å². The first kappa shape index (κ1) is 20.4. The first-order chi connectivity index (χ1) is 11.3. The summed E-state index contributed by atoms with van der Waals surface area (Å²) in [6, 6.07) is 0. The zero-order chi connectivity index (χ0) is 18.3. The lowest BCUT2D eigenvalue weighted by Crippen LogP contribution is -2.55. The van der Waals surface area contributed by atoms with Gasteiger partial charge in [-0.1, -0.05) is 13.2 Å². The Kier molecular flexibility index (Phi) is 7.63. The highest BCUT2D eigenvalue weighted by Gasteiger charge is 2.56. The molecule has 4 aliphatic carbocycles. The third-order valence-electron chi connectivity index (χ3n) is 5.55. The summed E-state index contributed by atoms with van der Waals surface area (Å²) >= 11 is 0. The largest absolute Gasteiger partial charge is 0.478 e. The SMILES string of the molecule is C=CC(=O)O.C=CC(=O)O.OCC1C2CC3CC(C2)CC1(CO)C3. The number of aliphatic hydroxyl groups is 2. The van der Waals surface area contributed by atoms with Crippen molar-refractivity contribution in [2.45, 2.75) is 32.1 Å². The molecule has 4 bridgehead atoms. The quantitative estimate of drug-likeness (QED) is 0.581. The van der Waals surface area contributed by atoms with Crippen LogP contribution in [0.15, 0.2) is 25.3 Å². The van der Waals surface area contributed by atoms with E-state index in [9.17, 15) is 19.8 Å². The van der Waals surface area contributed by atoms with Crippen molar-refractivity contribution in [3.05, 3.63) is 25.3 Å². The Hall–Kier alpha value is -1.66. The minimum atomic E-state index is -0.981. The highest BCUT2D eigenvalue weighted by molar-refractivity contribution is 5.79. The van der Waals surface area contributed by atoms with Crippen LogP contribution in [0.5, 0.6) is 0 Å². The van der Waals surface area contributed by atoms with Gasteiger partial charge < -0.3 is 20.4 Å². The molecule has 0 aromatic rings. The van der Waals surface area contributed by atoms with E-state index in [-0.39, 0.29) is 5.41 Å². The van der Waals surface area contributed by atoms with Crippen LogP contribution in [-0.2, 0) is 9.59 Å². The molecule has 0 heterocycles. The van der Waals surface area contributed by atoms with Crippen LogP contribution in [0.3, 0.4) is 0 Å². The molecular formula is C18H28O6. The predicted octanol–water partition coefficient (Wildman–Crippen LogP) is 1.93. The molecule has 0 spiro atoms. The molecule has 0 amide bonds. The van der Waals surface area contributed by atoms with Gasteiger partial charge in [0.25, 0.3) is 0 Å². The number of rotatable bonds is 4. The Bertz CT molecular complexity index is 440. The first-order valence-corrected chi connectivity index (χ1v) is 8.24. The maximum atomic E-state index is 9.62. The number of carboxylic acid groups (broad SMARTS) is 2. The van der Waals surface area contributed by atoms with Gasteiger partial charge >= 0.3 is 11.9 Å². The highest BCUT2D eigenvalue weighted by atomic mass is 16.4. The molecule has 3 unspecified atom stereocenters. The smallest absolute Gasteiger partial charge is 0.327 e. The van der Waals surface area contributed by atoms with Crippen molar-refractivity contribution in [3.63, 3.8) is 0 Å². The topological polar surface area (TPSA) is 115 Å². The summed E-state index contributed by atoms with van der Waals surface area (Å²) in [5, 5.41) is 34.3. The number of hydrogen-bond acceptors (Lipinski definition) is 4. The maximum absolute atomic E-state index is 9.62. The molecule has 0 aliphatic heterocycles. The van der Waals surface area contributed by atoms with Gasteiger partial charge in [0.2, 0.25) is 0 Å². The van der Waals surface area contributed by atoms with Crippen LogP contribution in [-0.4, -0.2) is 45.6 Å². The summed E-state index contributed by atoms with van der Waals surface area (Å²) in [5.74, 6) is 0.888. The van der Waals surface area contributed by atoms with Crippen molar-refractivity contribution >= 4 is 11.9 Å². The third-order valence-corrected chi connectivity index (χ3v) is 5.55. The van der Waals surface area contributed by atoms with E-state index in [2.05, 4.69) is 13.2 Å². The zero-order valence-corrected chi connectivity index (χ0v) is 13.9. The molecule has 0 saturated heterocycles. The van der Waals surface area contributed by atoms with Crippen molar-refractivity contribution in [2.24, 2.45) is 29.1 Å². The molecule has 3 atom stereocenters. The van der Waals surface area contributed by atoms with E-state index in [0.717, 1.165) is 29.9 Å². The molecule has 6 heteroatoms. The molecule has 0 aromatic carbocycles. The normalized spacial score (nSPS) is 34.9. The summed E-state index contributed by atoms with van der Waals surface area (Å²) in [6.45, 7) is 6.52. The Morgan fingerprint density at radius 3 is 1.67 bits per heavy atom. The maximum Gasteiger partial charge on any atom is 0.327 e. The van der Waals surface area contributed by atoms with E-state index in [0.29, 0.717) is 19.1 Å². The number of hydrogen-bond donors (Lipinski definition) is 4. The molecule has 0 aromatic heterocycles. The average Bonchev–Trinajstić information content (AvgIpc) is 2.55. The average molecular weight is 340 g/mol. The third kappa shape index (κ3) is 4.92. The molecule has 4 rings (SSSR count). The number of carbonyl (C=O) groups is 2. The molecule has 4 N–H and O–H groups in total. The fourth-order valence-corrected chi connectivity index (χ4v) is 4.90. The summed E-state index contributed by atoms with van der Waals surface area (Å²) in [7, 11) is 0. The summed E-state index contributed by atoms with van der Waals surface area (Å²) in [6.07, 6.45) is 8.08. The molecule has 136 valence electrons. The second-order valence-electron chi connectivity index (χ2n) is 7.00. The molecule has 4 fully saturated rings. The van der Waals surface area contributed by atoms with Crippen LogP contribution >= 0.6 is 0 Å². The Labute approximate surface area is 142 Å². The van der Waals surface area contributed by atoms with Crippen molar-refractivity contribution in [3.8, 4) is 0 Å². The van der Waals surface area contributed by atoms with Gasteiger partial charge in [0.1, 0.15) is 0 Å². The van der Waals surface area contributed by atoms with Gasteiger partial charge in [-0.3, -0.25) is 0 Å². The second-order valence-corrected chi connectivity index (χ2v) is 7.00. The molecule has 24 heavy (non-hydrogen) atoms. The zero-order valence-electron chi connectivity index (χ0n) is 13.9. The summed E-state index contributed by atoms with van der Waals surface area (Å²) in [4.78, 5) is 18.5. The van der Waals surface area contributed by atoms with Gasteiger partial charge in [-0.05, 0) is 61.2 Å². The van der Waals surface area contributed by atoms with Crippen LogP contribution < -0.4 is 0 Å². The van der Waals surface area contributed by atoms with E-state index in [1.54, 1.807) is 0 Å². The Morgan fingerprint density at radius 1 is 0.958 bits per heavy atom. The van der Waals surface area contributed by atoms with Gasteiger partial charge in [-0.2, -0.15) is 0 Å². The Balaban J connectivity index is 0.000000243. The van der Waals surface area contributed by atoms with Gasteiger partial charge in [0, 0.05) is 25.4 Å². The minimum Gasteiger partial charge on any atom is -0.478 e. The van der Waals surface area contributed by atoms with Gasteiger partial charge in [0.15, 0.2) is 0 Å². The van der Waals surface area contributed by atoms with Crippen LogP contribution in [0.1, 0.15) is 32.1 Å². The van der Waals surface area contributed by atoms with Crippen LogP contribution in [0.2, 0.25) is 0 Å². The molecule has 4 saturated carbocycles. The van der Waals surface area contributed by atoms with Gasteiger partial charge in [-0.15, -0.1) is 0 Å². The number of aliphatic carboxylic acids is 2. The van der Waals surface area contributed by atoms with Gasteiger partial charge in [0.05, 0.1) is 0 Å². The molecule has 6 nitrogen and oxygen atoms in total. The van der Waals surface area contributed by atoms with E-state index in [1.807, 2.05) is 0 Å². The molecular weight excluding hydrogens is 312 g/mol. The monoisotopic (exact) mass is 340 g/mol. The molecule has 4 aliphatic rings. The number of aliphatic hydroxyl groups excluding tert-OH is 2. The lowest BCUT2D eigenvalue weighted by molar-refractivity contribution is -0.145. The minimum absolute atomic E-state index is 0.115. The fourth-order valence-electron chi connectivity index (χ4n) is 4.90. The van der Waals surface area contributed by atoms with E-state index in [1.165, 1.54) is 32.1 Å². The predicted molar refractivity (Wildman–Crippen MR) is 89.3 cm³/mol. The number of carboxylic acids is 2. The standard InChI is InChI=1S/C12H20O2.2C3H4O2/c13-6-11-10-2-8-1-9(3-10)5-12(11,4-8)7-14;2*1-2-3(4)5/h8-11,13-14H,1-7H2;2*2H,1H2,(H,4,5). The van der Waals surface area contributed by atoms with Crippen molar-refractivity contribution < 1.29 is 30.0 Å². The van der Waals surface area contributed by atoms with E-state index in [4.69, 9.17) is 10.2 Å². The van der Waals surface area contributed by atoms with E-state index >= 15 is 0 Å². The highest BCUT2D eigenvalue weighted by Crippen LogP contribution is 2.62. The van der Waals surface area contributed by atoms with Crippen molar-refractivity contribution in [2.75, 3.05) is 13.2 Å². The summed E-state index contributed by atoms with van der Waals surface area (Å²) < 4.78 is 0. The lowest BCUT2D eigenvalue weighted by atomic mass is 9.45. The van der Waals surface area contributed by atoms with E-state index < -0.39 is 11.9 Å². The molecule has 0 radical (unpaired) electrons. The Morgan fingerprint density at radius 2 is 1.38 bits per heavy atom. The fraction of sp³-hybridized carbons (Fsp3) is 0.667.